The minimum atomic E-state index is -0.456. The highest BCUT2D eigenvalue weighted by Gasteiger charge is 2.12. The fraction of sp³-hybridized carbons (Fsp3) is 0.200. The number of carbonyl (C=O) groups excluding carboxylic acids is 1. The smallest absolute Gasteiger partial charge is 0.307 e. The van der Waals surface area contributed by atoms with Crippen molar-refractivity contribution in [3.8, 4) is 17.2 Å². The van der Waals surface area contributed by atoms with Crippen LogP contribution in [0.2, 0.25) is 0 Å². The van der Waals surface area contributed by atoms with Crippen LogP contribution in [0.5, 0.6) is 17.2 Å². The third-order valence-electron chi connectivity index (χ3n) is 3.83. The van der Waals surface area contributed by atoms with Gasteiger partial charge < -0.3 is 18.6 Å². The summed E-state index contributed by atoms with van der Waals surface area (Å²) in [5.41, 5.74) is 3.71. The zero-order valence-corrected chi connectivity index (χ0v) is 15.3. The van der Waals surface area contributed by atoms with Gasteiger partial charge in [0.2, 0.25) is 0 Å². The summed E-state index contributed by atoms with van der Waals surface area (Å²) in [6.07, 6.45) is 1.48. The number of hydrogen-bond donors (Lipinski definition) is 1. The van der Waals surface area contributed by atoms with E-state index in [9.17, 15) is 4.79 Å². The van der Waals surface area contributed by atoms with Crippen molar-refractivity contribution >= 4 is 23.1 Å². The fourth-order valence-electron chi connectivity index (χ4n) is 2.55. The van der Waals surface area contributed by atoms with Crippen LogP contribution < -0.4 is 19.6 Å². The molecule has 1 heterocycles. The van der Waals surface area contributed by atoms with E-state index in [1.807, 2.05) is 13.0 Å². The molecule has 3 aromatic rings. The fourth-order valence-corrected chi connectivity index (χ4v) is 2.55. The number of carbonyl (C=O) groups is 1. The molecule has 0 saturated heterocycles. The Balaban J connectivity index is 1.74. The van der Waals surface area contributed by atoms with Crippen LogP contribution in [0.3, 0.4) is 0 Å². The molecule has 0 unspecified atom stereocenters. The van der Waals surface area contributed by atoms with Crippen molar-refractivity contribution in [3.05, 3.63) is 53.8 Å². The van der Waals surface area contributed by atoms with Gasteiger partial charge in [0, 0.05) is 10.9 Å². The normalized spacial score (nSPS) is 10.9. The molecule has 0 aliphatic rings. The van der Waals surface area contributed by atoms with E-state index >= 15 is 0 Å². The molecule has 1 N–H and O–H groups in total. The van der Waals surface area contributed by atoms with Crippen molar-refractivity contribution < 1.29 is 23.4 Å². The first-order valence-corrected chi connectivity index (χ1v) is 8.36. The lowest BCUT2D eigenvalue weighted by atomic mass is 10.2. The predicted molar refractivity (Wildman–Crippen MR) is 102 cm³/mol. The van der Waals surface area contributed by atoms with Crippen molar-refractivity contribution in [3.63, 3.8) is 0 Å². The van der Waals surface area contributed by atoms with Gasteiger partial charge >= 0.3 is 5.91 Å². The summed E-state index contributed by atoms with van der Waals surface area (Å²) in [4.78, 5) is 12.3. The minimum absolute atomic E-state index is 0.161. The highest BCUT2D eigenvalue weighted by Crippen LogP contribution is 2.25. The van der Waals surface area contributed by atoms with Gasteiger partial charge in [-0.2, -0.15) is 5.10 Å². The molecule has 3 rings (SSSR count). The van der Waals surface area contributed by atoms with Crippen molar-refractivity contribution in [2.45, 2.75) is 6.92 Å². The maximum Gasteiger partial charge on any atom is 0.307 e. The van der Waals surface area contributed by atoms with E-state index in [4.69, 9.17) is 18.6 Å². The maximum absolute atomic E-state index is 12.3. The van der Waals surface area contributed by atoms with Crippen LogP contribution in [0.25, 0.3) is 11.0 Å². The lowest BCUT2D eigenvalue weighted by Crippen LogP contribution is -2.16. The molecule has 0 radical (unpaired) electrons. The summed E-state index contributed by atoms with van der Waals surface area (Å²) in [5, 5.41) is 4.76. The van der Waals surface area contributed by atoms with Crippen molar-refractivity contribution in [2.24, 2.45) is 5.10 Å². The molecule has 27 heavy (non-hydrogen) atoms. The first-order valence-electron chi connectivity index (χ1n) is 8.36. The highest BCUT2D eigenvalue weighted by atomic mass is 16.5. The summed E-state index contributed by atoms with van der Waals surface area (Å²) >= 11 is 0. The van der Waals surface area contributed by atoms with E-state index in [-0.39, 0.29) is 5.76 Å². The molecule has 0 bridgehead atoms. The van der Waals surface area contributed by atoms with Crippen LogP contribution in [0.4, 0.5) is 0 Å². The standard InChI is InChI=1S/C20H20N2O5/c1-4-26-16-6-8-18-13(9-16)11-19(27-18)20(23)22-21-12-14-10-15(24-2)5-7-17(14)25-3/h5-12H,4H2,1-3H3,(H,22,23)/b21-12+. The third-order valence-corrected chi connectivity index (χ3v) is 3.83. The topological polar surface area (TPSA) is 82.3 Å². The molecule has 1 amide bonds. The van der Waals surface area contributed by atoms with E-state index in [1.54, 1.807) is 50.6 Å². The van der Waals surface area contributed by atoms with E-state index in [2.05, 4.69) is 10.5 Å². The number of hydrogen-bond acceptors (Lipinski definition) is 6. The first kappa shape index (κ1) is 18.3. The molecule has 0 aliphatic carbocycles. The molecule has 7 heteroatoms. The molecule has 0 aliphatic heterocycles. The van der Waals surface area contributed by atoms with Gasteiger partial charge in [0.25, 0.3) is 0 Å². The number of rotatable bonds is 7. The molecule has 2 aromatic carbocycles. The van der Waals surface area contributed by atoms with E-state index in [0.29, 0.717) is 29.3 Å². The van der Waals surface area contributed by atoms with Crippen molar-refractivity contribution in [1.29, 1.82) is 0 Å². The Bertz CT molecular complexity index is 978. The average molecular weight is 368 g/mol. The number of ether oxygens (including phenoxy) is 3. The van der Waals surface area contributed by atoms with Crippen molar-refractivity contribution in [1.82, 2.24) is 5.43 Å². The summed E-state index contributed by atoms with van der Waals surface area (Å²) in [7, 11) is 3.13. The molecule has 0 spiro atoms. The molecule has 7 nitrogen and oxygen atoms in total. The Labute approximate surface area is 156 Å². The summed E-state index contributed by atoms with van der Waals surface area (Å²) < 4.78 is 21.5. The second-order valence-electron chi connectivity index (χ2n) is 5.55. The van der Waals surface area contributed by atoms with Crippen LogP contribution in [0, 0.1) is 0 Å². The van der Waals surface area contributed by atoms with Gasteiger partial charge in [-0.1, -0.05) is 0 Å². The lowest BCUT2D eigenvalue weighted by molar-refractivity contribution is 0.0929. The number of benzene rings is 2. The van der Waals surface area contributed by atoms with E-state index in [1.165, 1.54) is 6.21 Å². The first-order chi connectivity index (χ1) is 13.1. The Morgan fingerprint density at radius 1 is 1.11 bits per heavy atom. The summed E-state index contributed by atoms with van der Waals surface area (Å²) in [6.45, 7) is 2.48. The quantitative estimate of drug-likeness (QED) is 0.509. The monoisotopic (exact) mass is 368 g/mol. The number of nitrogens with one attached hydrogen (secondary N) is 1. The van der Waals surface area contributed by atoms with E-state index in [0.717, 1.165) is 11.1 Å². The van der Waals surface area contributed by atoms with Gasteiger partial charge in [-0.15, -0.1) is 0 Å². The number of hydrazone groups is 1. The molecule has 1 aromatic heterocycles. The molecular formula is C20H20N2O5. The van der Waals surface area contributed by atoms with Crippen LogP contribution >= 0.6 is 0 Å². The maximum atomic E-state index is 12.3. The van der Waals surface area contributed by atoms with Gasteiger partial charge in [0.05, 0.1) is 27.0 Å². The zero-order chi connectivity index (χ0) is 19.2. The second-order valence-corrected chi connectivity index (χ2v) is 5.55. The molecule has 0 saturated carbocycles. The average Bonchev–Trinajstić information content (AvgIpc) is 3.11. The Morgan fingerprint density at radius 2 is 1.93 bits per heavy atom. The zero-order valence-electron chi connectivity index (χ0n) is 15.3. The van der Waals surface area contributed by atoms with Crippen LogP contribution in [0.15, 0.2) is 52.0 Å². The highest BCUT2D eigenvalue weighted by molar-refractivity contribution is 5.97. The van der Waals surface area contributed by atoms with Gasteiger partial charge in [-0.05, 0) is 49.4 Å². The van der Waals surface area contributed by atoms with Crippen molar-refractivity contribution in [2.75, 3.05) is 20.8 Å². The number of nitrogens with zero attached hydrogens (tertiary/aromatic N) is 1. The summed E-state index contributed by atoms with van der Waals surface area (Å²) in [6, 6.07) is 12.3. The number of furan rings is 1. The Kier molecular flexibility index (Phi) is 5.61. The SMILES string of the molecule is CCOc1ccc2oc(C(=O)N/N=C/c3cc(OC)ccc3OC)cc2c1. The molecule has 140 valence electrons. The summed E-state index contributed by atoms with van der Waals surface area (Å²) in [5.74, 6) is 1.70. The van der Waals surface area contributed by atoms with Gasteiger partial charge in [0.1, 0.15) is 22.8 Å². The third kappa shape index (κ3) is 4.20. The second kappa shape index (κ2) is 8.27. The van der Waals surface area contributed by atoms with Crippen LogP contribution in [0.1, 0.15) is 23.0 Å². The number of methoxy groups -OCH3 is 2. The Hall–Kier alpha value is -3.48. The van der Waals surface area contributed by atoms with Gasteiger partial charge in [-0.25, -0.2) is 5.43 Å². The van der Waals surface area contributed by atoms with Gasteiger partial charge in [0.15, 0.2) is 5.76 Å². The van der Waals surface area contributed by atoms with E-state index < -0.39 is 5.91 Å². The predicted octanol–water partition coefficient (Wildman–Crippen LogP) is 3.61. The van der Waals surface area contributed by atoms with Gasteiger partial charge in [-0.3, -0.25) is 4.79 Å². The molecule has 0 atom stereocenters. The largest absolute Gasteiger partial charge is 0.497 e. The van der Waals surface area contributed by atoms with Crippen LogP contribution in [-0.2, 0) is 0 Å². The molecule has 0 fully saturated rings. The molecular weight excluding hydrogens is 348 g/mol. The lowest BCUT2D eigenvalue weighted by Gasteiger charge is -2.06. The number of fused-ring (bicyclic) bond motifs is 1. The Morgan fingerprint density at radius 3 is 2.67 bits per heavy atom. The minimum Gasteiger partial charge on any atom is -0.497 e. The van der Waals surface area contributed by atoms with Crippen LogP contribution in [-0.4, -0.2) is 32.9 Å². The number of amides is 1.